The van der Waals surface area contributed by atoms with E-state index in [-0.39, 0.29) is 5.91 Å². The molecule has 0 spiro atoms. The van der Waals surface area contributed by atoms with Crippen molar-refractivity contribution < 1.29 is 14.3 Å². The van der Waals surface area contributed by atoms with Crippen LogP contribution in [-0.2, 0) is 17.6 Å². The van der Waals surface area contributed by atoms with Gasteiger partial charge in [0.25, 0.3) is 5.91 Å². The molecule has 3 aromatic carbocycles. The second-order valence-corrected chi connectivity index (χ2v) is 8.60. The van der Waals surface area contributed by atoms with E-state index in [0.717, 1.165) is 23.1 Å². The average Bonchev–Trinajstić information content (AvgIpc) is 3.55. The van der Waals surface area contributed by atoms with E-state index in [1.54, 1.807) is 13.2 Å². The summed E-state index contributed by atoms with van der Waals surface area (Å²) in [4.78, 5) is 27.2. The molecular weight excluding hydrogens is 464 g/mol. The third-order valence-corrected chi connectivity index (χ3v) is 6.08. The quantitative estimate of drug-likeness (QED) is 0.256. The first-order chi connectivity index (χ1) is 18.0. The Hall–Kier alpha value is -4.26. The van der Waals surface area contributed by atoms with Crippen molar-refractivity contribution in [3.05, 3.63) is 95.7 Å². The van der Waals surface area contributed by atoms with Gasteiger partial charge in [0.15, 0.2) is 0 Å². The van der Waals surface area contributed by atoms with E-state index in [9.17, 15) is 9.59 Å². The van der Waals surface area contributed by atoms with E-state index < -0.39 is 0 Å². The van der Waals surface area contributed by atoms with Crippen LogP contribution in [0.3, 0.4) is 0 Å². The van der Waals surface area contributed by atoms with Crippen molar-refractivity contribution in [2.45, 2.75) is 19.8 Å². The first-order valence-electron chi connectivity index (χ1n) is 12.5. The van der Waals surface area contributed by atoms with Crippen LogP contribution in [0.25, 0.3) is 10.9 Å². The van der Waals surface area contributed by atoms with Crippen LogP contribution in [0.5, 0.6) is 5.75 Å². The molecular formula is C30H36N4O3. The number of rotatable bonds is 7. The largest absolute Gasteiger partial charge is 0.497 e. The first kappa shape index (κ1) is 27.3. The van der Waals surface area contributed by atoms with Gasteiger partial charge in [0, 0.05) is 43.3 Å². The number of aryl methyl sites for hydroxylation is 1. The van der Waals surface area contributed by atoms with Gasteiger partial charge in [-0.1, -0.05) is 55.5 Å². The fraction of sp³-hybridized carbons (Fsp3) is 0.267. The zero-order valence-corrected chi connectivity index (χ0v) is 21.8. The number of benzene rings is 3. The molecule has 194 valence electrons. The van der Waals surface area contributed by atoms with Gasteiger partial charge in [-0.25, -0.2) is 0 Å². The minimum atomic E-state index is -0.206. The molecule has 0 radical (unpaired) electrons. The van der Waals surface area contributed by atoms with Crippen LogP contribution in [0.2, 0.25) is 0 Å². The lowest BCUT2D eigenvalue weighted by molar-refractivity contribution is -0.109. The maximum atomic E-state index is 11.8. The summed E-state index contributed by atoms with van der Waals surface area (Å²) in [5, 5.41) is 6.09. The van der Waals surface area contributed by atoms with Crippen molar-refractivity contribution in [2.75, 3.05) is 38.7 Å². The maximum absolute atomic E-state index is 11.8. The van der Waals surface area contributed by atoms with Crippen LogP contribution in [-0.4, -0.2) is 51.1 Å². The Labute approximate surface area is 218 Å². The predicted molar refractivity (Wildman–Crippen MR) is 150 cm³/mol. The molecule has 5 rings (SSSR count). The van der Waals surface area contributed by atoms with Gasteiger partial charge >= 0.3 is 0 Å². The van der Waals surface area contributed by atoms with Crippen molar-refractivity contribution in [1.29, 1.82) is 0 Å². The third-order valence-electron chi connectivity index (χ3n) is 6.08. The summed E-state index contributed by atoms with van der Waals surface area (Å²) in [7, 11) is 3.74. The molecule has 0 saturated carbocycles. The van der Waals surface area contributed by atoms with Crippen molar-refractivity contribution >= 4 is 28.9 Å². The van der Waals surface area contributed by atoms with Gasteiger partial charge in [0.2, 0.25) is 6.41 Å². The maximum Gasteiger partial charge on any atom is 0.267 e. The number of aromatic amines is 1. The number of anilines is 1. The number of carbonyl (C=O) groups is 2. The predicted octanol–water partition coefficient (Wildman–Crippen LogP) is 4.58. The molecule has 1 aromatic heterocycles. The van der Waals surface area contributed by atoms with Gasteiger partial charge in [-0.05, 0) is 54.3 Å². The summed E-state index contributed by atoms with van der Waals surface area (Å²) in [6.07, 6.45) is 2.95. The average molecular weight is 501 g/mol. The van der Waals surface area contributed by atoms with E-state index in [1.165, 1.54) is 29.8 Å². The van der Waals surface area contributed by atoms with Crippen LogP contribution < -0.4 is 20.3 Å². The topological polar surface area (TPSA) is 86.5 Å². The highest BCUT2D eigenvalue weighted by Gasteiger charge is 2.13. The Morgan fingerprint density at radius 1 is 1.03 bits per heavy atom. The normalized spacial score (nSPS) is 11.4. The number of H-pyrrole nitrogens is 1. The molecule has 2 amide bonds. The fourth-order valence-electron chi connectivity index (χ4n) is 3.98. The molecule has 0 aliphatic carbocycles. The lowest BCUT2D eigenvalue weighted by Gasteiger charge is -2.10. The van der Waals surface area contributed by atoms with Gasteiger partial charge in [-0.15, -0.1) is 0 Å². The zero-order chi connectivity index (χ0) is 26.5. The Balaban J connectivity index is 0.000000175. The van der Waals surface area contributed by atoms with E-state index >= 15 is 0 Å². The van der Waals surface area contributed by atoms with Gasteiger partial charge in [-0.2, -0.15) is 0 Å². The van der Waals surface area contributed by atoms with E-state index in [0.29, 0.717) is 25.2 Å². The summed E-state index contributed by atoms with van der Waals surface area (Å²) >= 11 is 0. The molecule has 0 saturated heterocycles. The summed E-state index contributed by atoms with van der Waals surface area (Å²) < 4.78 is 5.13. The number of para-hydroxylation sites is 1. The van der Waals surface area contributed by atoms with Crippen molar-refractivity contribution in [3.63, 3.8) is 0 Å². The molecule has 2 heterocycles. The number of ether oxygens (including phenoxy) is 1. The van der Waals surface area contributed by atoms with Crippen LogP contribution in [0, 0.1) is 0 Å². The van der Waals surface area contributed by atoms with Crippen molar-refractivity contribution in [1.82, 2.24) is 15.6 Å². The van der Waals surface area contributed by atoms with Crippen LogP contribution in [0.4, 0.5) is 5.69 Å². The number of amides is 2. The van der Waals surface area contributed by atoms with Gasteiger partial charge in [-0.3, -0.25) is 9.59 Å². The molecule has 0 unspecified atom stereocenters. The molecule has 7 heteroatoms. The summed E-state index contributed by atoms with van der Waals surface area (Å²) in [5.41, 5.74) is 5.66. The SMILES string of the molecule is CCc1ccccc1.CN1CCc2ccccc21.COc1ccc2[nH]c(C(=O)NCCNC=O)cc2c1. The minimum absolute atomic E-state index is 0.206. The molecule has 0 atom stereocenters. The summed E-state index contributed by atoms with van der Waals surface area (Å²) in [6.45, 7) is 4.13. The van der Waals surface area contributed by atoms with Crippen LogP contribution in [0.15, 0.2) is 78.9 Å². The fourth-order valence-corrected chi connectivity index (χ4v) is 3.98. The standard InChI is InChI=1S/C13H15N3O3.C9H11N.C8H10/c1-19-10-2-3-11-9(6-10)7-12(16-11)13(18)15-5-4-14-8-17;1-10-7-6-8-4-2-3-5-9(8)10;1-2-8-6-4-3-5-7-8/h2-3,6-8,16H,4-5H2,1H3,(H,14,17)(H,15,18);2-5H,6-7H2,1H3;3-7H,2H2,1H3. The lowest BCUT2D eigenvalue weighted by atomic mass is 10.2. The smallest absolute Gasteiger partial charge is 0.267 e. The monoisotopic (exact) mass is 500 g/mol. The highest BCUT2D eigenvalue weighted by atomic mass is 16.5. The minimum Gasteiger partial charge on any atom is -0.497 e. The first-order valence-corrected chi connectivity index (χ1v) is 12.5. The number of hydrogen-bond donors (Lipinski definition) is 3. The summed E-state index contributed by atoms with van der Waals surface area (Å²) in [5.74, 6) is 0.538. The van der Waals surface area contributed by atoms with Gasteiger partial charge in [0.1, 0.15) is 11.4 Å². The van der Waals surface area contributed by atoms with E-state index in [4.69, 9.17) is 4.74 Å². The molecule has 0 fully saturated rings. The molecule has 1 aliphatic heterocycles. The molecule has 7 nitrogen and oxygen atoms in total. The number of nitrogens with zero attached hydrogens (tertiary/aromatic N) is 1. The number of likely N-dealkylation sites (N-methyl/N-ethyl adjacent to an activating group) is 1. The molecule has 37 heavy (non-hydrogen) atoms. The van der Waals surface area contributed by atoms with Gasteiger partial charge in [0.05, 0.1) is 7.11 Å². The Bertz CT molecular complexity index is 1270. The number of fused-ring (bicyclic) bond motifs is 2. The molecule has 3 N–H and O–H groups in total. The lowest BCUT2D eigenvalue weighted by Crippen LogP contribution is -2.31. The second-order valence-electron chi connectivity index (χ2n) is 8.60. The van der Waals surface area contributed by atoms with Crippen LogP contribution in [0.1, 0.15) is 28.5 Å². The third kappa shape index (κ3) is 8.14. The molecule has 4 aromatic rings. The highest BCUT2D eigenvalue weighted by molar-refractivity contribution is 5.98. The number of methoxy groups -OCH3 is 1. The Morgan fingerprint density at radius 3 is 2.46 bits per heavy atom. The second kappa shape index (κ2) is 14.3. The Morgan fingerprint density at radius 2 is 1.78 bits per heavy atom. The van der Waals surface area contributed by atoms with Crippen LogP contribution >= 0.6 is 0 Å². The molecule has 1 aliphatic rings. The number of hydrogen-bond acceptors (Lipinski definition) is 4. The number of carbonyl (C=O) groups excluding carboxylic acids is 2. The van der Waals surface area contributed by atoms with Crippen molar-refractivity contribution in [2.24, 2.45) is 0 Å². The van der Waals surface area contributed by atoms with Gasteiger partial charge < -0.3 is 25.3 Å². The number of aromatic nitrogens is 1. The van der Waals surface area contributed by atoms with E-state index in [1.807, 2.05) is 24.3 Å². The zero-order valence-electron chi connectivity index (χ0n) is 21.8. The number of nitrogens with one attached hydrogen (secondary N) is 3. The van der Waals surface area contributed by atoms with E-state index in [2.05, 4.69) is 83.0 Å². The highest BCUT2D eigenvalue weighted by Crippen LogP contribution is 2.25. The summed E-state index contributed by atoms with van der Waals surface area (Å²) in [6, 6.07) is 26.4. The van der Waals surface area contributed by atoms with Crippen molar-refractivity contribution in [3.8, 4) is 5.75 Å². The Kier molecular flexibility index (Phi) is 10.6. The molecule has 0 bridgehead atoms.